The fourth-order valence-electron chi connectivity index (χ4n) is 8.65. The Balaban J connectivity index is 1.66. The molecule has 3 fully saturated rings. The SMILES string of the molecule is CC=C(C)C(=O)O[C@@H]1[C@@H]2C=C3[C@@H](CC[C@]4(C)[C@H]3CC(=O)O[C@H]4C3=C[C@@H](O)OC3=O)[C@@](C)(C2=O)[C@@H](CC(=O)OC)C1(C)C. The number of rotatable bonds is 5. The van der Waals surface area contributed by atoms with E-state index in [9.17, 15) is 29.1 Å². The van der Waals surface area contributed by atoms with E-state index in [1.165, 1.54) is 13.2 Å². The molecule has 0 unspecified atom stereocenters. The molecule has 2 aliphatic heterocycles. The smallest absolute Gasteiger partial charge is 0.340 e. The Bertz CT molecular complexity index is 1340. The van der Waals surface area contributed by atoms with Crippen LogP contribution in [0.3, 0.4) is 0 Å². The standard InChI is InChI=1S/C32H40O10/c1-8-15(2)28(37)42-26-17-11-16-19(32(6,25(17)36)21(30(26,3)4)14-22(33)39-7)9-10-31(5)20(16)13-24(35)40-27(31)18-12-23(34)41-29(18)38/h8,11-12,17,19-21,23,26-27,34H,9-10,13-14H2,1-7H3/t17-,19-,20+,21+,23+,26-,27+,31-,32-/m1/s1. The van der Waals surface area contributed by atoms with Gasteiger partial charge >= 0.3 is 23.9 Å². The molecular weight excluding hydrogens is 544 g/mol. The van der Waals surface area contributed by atoms with Crippen molar-refractivity contribution in [2.75, 3.05) is 7.11 Å². The van der Waals surface area contributed by atoms with Crippen LogP contribution in [-0.4, -0.2) is 60.4 Å². The first-order valence-corrected chi connectivity index (χ1v) is 14.6. The van der Waals surface area contributed by atoms with E-state index in [0.717, 1.165) is 5.57 Å². The number of hydrogen-bond acceptors (Lipinski definition) is 10. The molecule has 0 radical (unpaired) electrons. The van der Waals surface area contributed by atoms with Crippen LogP contribution in [0, 0.1) is 39.9 Å². The van der Waals surface area contributed by atoms with Gasteiger partial charge in [-0.1, -0.05) is 45.4 Å². The number of ketones is 1. The van der Waals surface area contributed by atoms with E-state index >= 15 is 0 Å². The summed E-state index contributed by atoms with van der Waals surface area (Å²) in [4.78, 5) is 66.0. The van der Waals surface area contributed by atoms with Crippen molar-refractivity contribution >= 4 is 29.7 Å². The predicted octanol–water partition coefficient (Wildman–Crippen LogP) is 3.36. The molecule has 228 valence electrons. The fourth-order valence-corrected chi connectivity index (χ4v) is 8.65. The second kappa shape index (κ2) is 10.2. The zero-order valence-corrected chi connectivity index (χ0v) is 25.2. The van der Waals surface area contributed by atoms with Gasteiger partial charge in [-0.25, -0.2) is 9.59 Å². The van der Waals surface area contributed by atoms with Crippen LogP contribution < -0.4 is 0 Å². The van der Waals surface area contributed by atoms with E-state index in [2.05, 4.69) is 0 Å². The lowest BCUT2D eigenvalue weighted by atomic mass is 9.40. The van der Waals surface area contributed by atoms with Gasteiger partial charge in [-0.05, 0) is 50.5 Å². The van der Waals surface area contributed by atoms with E-state index in [1.54, 1.807) is 19.9 Å². The lowest BCUT2D eigenvalue weighted by molar-refractivity contribution is -0.194. The summed E-state index contributed by atoms with van der Waals surface area (Å²) in [5, 5.41) is 9.94. The van der Waals surface area contributed by atoms with Crippen LogP contribution in [0.15, 0.2) is 34.9 Å². The first-order chi connectivity index (χ1) is 19.6. The van der Waals surface area contributed by atoms with Gasteiger partial charge in [0.25, 0.3) is 0 Å². The topological polar surface area (TPSA) is 142 Å². The zero-order chi connectivity index (χ0) is 30.9. The monoisotopic (exact) mass is 584 g/mol. The third kappa shape index (κ3) is 4.28. The molecule has 0 amide bonds. The number of Topliss-reactive ketones (excluding diaryl/α,β-unsaturated/α-hetero) is 1. The van der Waals surface area contributed by atoms with E-state index in [4.69, 9.17) is 18.9 Å². The van der Waals surface area contributed by atoms with Crippen LogP contribution in [-0.2, 0) is 42.9 Å². The van der Waals surface area contributed by atoms with Crippen molar-refractivity contribution in [3.63, 3.8) is 0 Å². The van der Waals surface area contributed by atoms with E-state index < -0.39 is 76.4 Å². The number of esters is 4. The number of carbonyl (C=O) groups is 5. The number of cyclic esters (lactones) is 2. The van der Waals surface area contributed by atoms with Crippen LogP contribution >= 0.6 is 0 Å². The fraction of sp³-hybridized carbons (Fsp3) is 0.656. The molecule has 2 bridgehead atoms. The maximum Gasteiger partial charge on any atom is 0.340 e. The van der Waals surface area contributed by atoms with Gasteiger partial charge in [0.1, 0.15) is 18.0 Å². The Morgan fingerprint density at radius 3 is 2.38 bits per heavy atom. The number of carbonyl (C=O) groups excluding carboxylic acids is 5. The maximum absolute atomic E-state index is 14.4. The number of methoxy groups -OCH3 is 1. The highest BCUT2D eigenvalue weighted by Gasteiger charge is 2.69. The van der Waals surface area contributed by atoms with Crippen LogP contribution in [0.1, 0.15) is 67.2 Å². The minimum atomic E-state index is -1.41. The van der Waals surface area contributed by atoms with Gasteiger partial charge in [0.15, 0.2) is 0 Å². The average molecular weight is 585 g/mol. The first kappa shape index (κ1) is 30.2. The number of ether oxygens (including phenoxy) is 4. The number of aliphatic hydroxyl groups excluding tert-OH is 1. The molecule has 0 aromatic rings. The van der Waals surface area contributed by atoms with Gasteiger partial charge in [0.2, 0.25) is 6.29 Å². The summed E-state index contributed by atoms with van der Waals surface area (Å²) in [6.07, 6.45) is 2.68. The summed E-state index contributed by atoms with van der Waals surface area (Å²) in [7, 11) is 1.31. The molecule has 5 rings (SSSR count). The van der Waals surface area contributed by atoms with Crippen LogP contribution in [0.5, 0.6) is 0 Å². The summed E-state index contributed by atoms with van der Waals surface area (Å²) < 4.78 is 21.8. The first-order valence-electron chi connectivity index (χ1n) is 14.6. The third-order valence-corrected chi connectivity index (χ3v) is 11.1. The normalized spacial score (nSPS) is 40.5. The highest BCUT2D eigenvalue weighted by Crippen LogP contribution is 2.67. The molecule has 5 aliphatic rings. The van der Waals surface area contributed by atoms with Gasteiger partial charge in [-0.3, -0.25) is 14.4 Å². The van der Waals surface area contributed by atoms with E-state index in [-0.39, 0.29) is 30.1 Å². The Morgan fingerprint density at radius 1 is 1.10 bits per heavy atom. The molecule has 3 aliphatic carbocycles. The van der Waals surface area contributed by atoms with Crippen molar-refractivity contribution in [1.82, 2.24) is 0 Å². The lowest BCUT2D eigenvalue weighted by Gasteiger charge is -2.63. The van der Waals surface area contributed by atoms with Crippen molar-refractivity contribution in [3.05, 3.63) is 34.9 Å². The Labute approximate surface area is 245 Å². The Morgan fingerprint density at radius 2 is 1.79 bits per heavy atom. The molecule has 2 heterocycles. The number of allylic oxidation sites excluding steroid dienone is 2. The van der Waals surface area contributed by atoms with Crippen molar-refractivity contribution in [2.24, 2.45) is 39.9 Å². The largest absolute Gasteiger partial charge is 0.469 e. The number of aliphatic hydroxyl groups is 1. The summed E-state index contributed by atoms with van der Waals surface area (Å²) >= 11 is 0. The van der Waals surface area contributed by atoms with Crippen LogP contribution in [0.4, 0.5) is 0 Å². The van der Waals surface area contributed by atoms with Gasteiger partial charge in [0.05, 0.1) is 25.0 Å². The average Bonchev–Trinajstić information content (AvgIpc) is 3.27. The summed E-state index contributed by atoms with van der Waals surface area (Å²) in [6, 6.07) is 0. The van der Waals surface area contributed by atoms with E-state index in [1.807, 2.05) is 33.8 Å². The van der Waals surface area contributed by atoms with Crippen molar-refractivity contribution in [2.45, 2.75) is 85.7 Å². The number of fused-ring (bicyclic) bond motifs is 6. The van der Waals surface area contributed by atoms with Gasteiger partial charge in [-0.15, -0.1) is 0 Å². The predicted molar refractivity (Wildman–Crippen MR) is 147 cm³/mol. The highest BCUT2D eigenvalue weighted by molar-refractivity contribution is 5.95. The molecule has 10 heteroatoms. The minimum Gasteiger partial charge on any atom is -0.469 e. The van der Waals surface area contributed by atoms with Crippen LogP contribution in [0.2, 0.25) is 0 Å². The molecule has 0 aromatic carbocycles. The van der Waals surface area contributed by atoms with E-state index in [0.29, 0.717) is 18.4 Å². The summed E-state index contributed by atoms with van der Waals surface area (Å²) in [6.45, 7) is 11.1. The molecule has 1 N–H and O–H groups in total. The number of hydrogen-bond donors (Lipinski definition) is 1. The summed E-state index contributed by atoms with van der Waals surface area (Å²) in [5.74, 6) is -4.32. The zero-order valence-electron chi connectivity index (χ0n) is 25.2. The van der Waals surface area contributed by atoms with Crippen molar-refractivity contribution in [3.8, 4) is 0 Å². The van der Waals surface area contributed by atoms with Crippen molar-refractivity contribution < 1.29 is 48.0 Å². The molecule has 9 atom stereocenters. The maximum atomic E-state index is 14.4. The molecule has 2 saturated carbocycles. The van der Waals surface area contributed by atoms with Crippen LogP contribution in [0.25, 0.3) is 0 Å². The Kier molecular flexibility index (Phi) is 7.32. The van der Waals surface area contributed by atoms with Crippen molar-refractivity contribution in [1.29, 1.82) is 0 Å². The quantitative estimate of drug-likeness (QED) is 0.221. The molecule has 42 heavy (non-hydrogen) atoms. The molecular formula is C32H40O10. The molecule has 10 nitrogen and oxygen atoms in total. The van der Waals surface area contributed by atoms with Gasteiger partial charge < -0.3 is 24.1 Å². The molecule has 1 saturated heterocycles. The Hall–Kier alpha value is -3.27. The molecule has 0 spiro atoms. The second-order valence-electron chi connectivity index (χ2n) is 13.4. The summed E-state index contributed by atoms with van der Waals surface area (Å²) in [5.41, 5.74) is -1.11. The minimum absolute atomic E-state index is 0.0396. The molecule has 0 aromatic heterocycles. The third-order valence-electron chi connectivity index (χ3n) is 11.1. The van der Waals surface area contributed by atoms with Gasteiger partial charge in [0, 0.05) is 28.2 Å². The van der Waals surface area contributed by atoms with Gasteiger partial charge in [-0.2, -0.15) is 0 Å². The lowest BCUT2D eigenvalue weighted by Crippen LogP contribution is -2.67. The highest BCUT2D eigenvalue weighted by atomic mass is 16.6. The second-order valence-corrected chi connectivity index (χ2v) is 13.4.